The molecule has 0 amide bonds. The Morgan fingerprint density at radius 2 is 2.00 bits per heavy atom. The van der Waals surface area contributed by atoms with Crippen LogP contribution < -0.4 is 0 Å². The molecule has 0 saturated heterocycles. The van der Waals surface area contributed by atoms with Crippen LogP contribution in [0.25, 0.3) is 0 Å². The minimum absolute atomic E-state index is 0.0102. The number of hydrogen-bond donors (Lipinski definition) is 1. The average Bonchev–Trinajstić information content (AvgIpc) is 3.09. The number of ether oxygens (including phenoxy) is 1. The van der Waals surface area contributed by atoms with Crippen LogP contribution >= 0.6 is 0 Å². The summed E-state index contributed by atoms with van der Waals surface area (Å²) < 4.78 is 31.4. The SMILES string of the molecule is COC(=O)C1CCCC1S(=O)(=O)N(CCO)C1CC1. The Balaban J connectivity index is 2.19. The molecule has 2 saturated carbocycles. The number of methoxy groups -OCH3 is 1. The van der Waals surface area contributed by atoms with E-state index in [2.05, 4.69) is 0 Å². The summed E-state index contributed by atoms with van der Waals surface area (Å²) in [4.78, 5) is 11.7. The molecule has 2 fully saturated rings. The molecule has 2 atom stereocenters. The molecule has 7 heteroatoms. The molecule has 0 radical (unpaired) electrons. The molecular formula is C12H21NO5S. The van der Waals surface area contributed by atoms with Gasteiger partial charge < -0.3 is 9.84 Å². The molecule has 0 spiro atoms. The maximum Gasteiger partial charge on any atom is 0.310 e. The number of aliphatic hydroxyl groups is 1. The zero-order valence-corrected chi connectivity index (χ0v) is 11.9. The van der Waals surface area contributed by atoms with E-state index in [1.165, 1.54) is 11.4 Å². The van der Waals surface area contributed by atoms with Gasteiger partial charge in [0, 0.05) is 12.6 Å². The van der Waals surface area contributed by atoms with Crippen LogP contribution in [-0.4, -0.2) is 55.4 Å². The Hall–Kier alpha value is -0.660. The first kappa shape index (κ1) is 14.7. The summed E-state index contributed by atoms with van der Waals surface area (Å²) in [6.45, 7) is -0.0667. The van der Waals surface area contributed by atoms with E-state index in [-0.39, 0.29) is 19.2 Å². The molecule has 1 N–H and O–H groups in total. The molecule has 19 heavy (non-hydrogen) atoms. The lowest BCUT2D eigenvalue weighted by atomic mass is 10.1. The van der Waals surface area contributed by atoms with Crippen LogP contribution in [0.15, 0.2) is 0 Å². The lowest BCUT2D eigenvalue weighted by Crippen LogP contribution is -2.44. The molecule has 0 aromatic rings. The van der Waals surface area contributed by atoms with E-state index in [4.69, 9.17) is 9.84 Å². The fourth-order valence-corrected chi connectivity index (χ4v) is 5.29. The minimum Gasteiger partial charge on any atom is -0.469 e. The number of hydrogen-bond acceptors (Lipinski definition) is 5. The summed E-state index contributed by atoms with van der Waals surface area (Å²) in [6, 6.07) is 0.0102. The van der Waals surface area contributed by atoms with Gasteiger partial charge in [0.05, 0.1) is 24.9 Å². The second-order valence-electron chi connectivity index (χ2n) is 5.21. The van der Waals surface area contributed by atoms with Crippen molar-refractivity contribution in [2.75, 3.05) is 20.3 Å². The van der Waals surface area contributed by atoms with Gasteiger partial charge in [-0.15, -0.1) is 0 Å². The molecule has 0 aromatic carbocycles. The standard InChI is InChI=1S/C12H21NO5S/c1-18-12(15)10-3-2-4-11(10)19(16,17)13(7-8-14)9-5-6-9/h9-11,14H,2-8H2,1H3. The van der Waals surface area contributed by atoms with Gasteiger partial charge in [-0.3, -0.25) is 4.79 Å². The van der Waals surface area contributed by atoms with E-state index in [0.29, 0.717) is 12.8 Å². The summed E-state index contributed by atoms with van der Waals surface area (Å²) in [5.74, 6) is -0.999. The highest BCUT2D eigenvalue weighted by Crippen LogP contribution is 2.37. The highest BCUT2D eigenvalue weighted by atomic mass is 32.2. The van der Waals surface area contributed by atoms with Gasteiger partial charge in [0.15, 0.2) is 0 Å². The van der Waals surface area contributed by atoms with Crippen LogP contribution in [0.2, 0.25) is 0 Å². The minimum atomic E-state index is -3.53. The van der Waals surface area contributed by atoms with Gasteiger partial charge in [-0.25, -0.2) is 8.42 Å². The van der Waals surface area contributed by atoms with E-state index < -0.39 is 27.2 Å². The second kappa shape index (κ2) is 5.76. The maximum absolute atomic E-state index is 12.6. The van der Waals surface area contributed by atoms with Crippen LogP contribution in [0.4, 0.5) is 0 Å². The number of carbonyl (C=O) groups excluding carboxylic acids is 1. The monoisotopic (exact) mass is 291 g/mol. The molecule has 0 heterocycles. The second-order valence-corrected chi connectivity index (χ2v) is 7.31. The zero-order valence-electron chi connectivity index (χ0n) is 11.1. The number of aliphatic hydroxyl groups excluding tert-OH is 1. The van der Waals surface area contributed by atoms with Gasteiger partial charge >= 0.3 is 5.97 Å². The lowest BCUT2D eigenvalue weighted by Gasteiger charge is -2.27. The molecule has 0 bridgehead atoms. The summed E-state index contributed by atoms with van der Waals surface area (Å²) >= 11 is 0. The lowest BCUT2D eigenvalue weighted by molar-refractivity contribution is -0.145. The molecule has 2 unspecified atom stereocenters. The first-order valence-corrected chi connectivity index (χ1v) is 8.22. The highest BCUT2D eigenvalue weighted by Gasteiger charge is 2.48. The summed E-state index contributed by atoms with van der Waals surface area (Å²) in [5.41, 5.74) is 0. The average molecular weight is 291 g/mol. The number of rotatable bonds is 6. The van der Waals surface area contributed by atoms with Crippen LogP contribution in [-0.2, 0) is 19.6 Å². The molecule has 0 aromatic heterocycles. The predicted octanol–water partition coefficient (Wildman–Crippen LogP) is 0.115. The van der Waals surface area contributed by atoms with Crippen molar-refractivity contribution in [2.45, 2.75) is 43.4 Å². The summed E-state index contributed by atoms with van der Waals surface area (Å²) in [7, 11) is -2.24. The van der Waals surface area contributed by atoms with Crippen molar-refractivity contribution in [1.29, 1.82) is 0 Å². The van der Waals surface area contributed by atoms with E-state index >= 15 is 0 Å². The van der Waals surface area contributed by atoms with E-state index in [1.807, 2.05) is 0 Å². The maximum atomic E-state index is 12.6. The van der Waals surface area contributed by atoms with Crippen molar-refractivity contribution >= 4 is 16.0 Å². The predicted molar refractivity (Wildman–Crippen MR) is 68.9 cm³/mol. The molecule has 2 aliphatic rings. The Morgan fingerprint density at radius 3 is 2.53 bits per heavy atom. The summed E-state index contributed by atoms with van der Waals surface area (Å²) in [6.07, 6.45) is 3.47. The van der Waals surface area contributed by atoms with Crippen molar-refractivity contribution in [1.82, 2.24) is 4.31 Å². The fourth-order valence-electron chi connectivity index (χ4n) is 2.86. The molecule has 2 aliphatic carbocycles. The highest BCUT2D eigenvalue weighted by molar-refractivity contribution is 7.89. The van der Waals surface area contributed by atoms with Crippen LogP contribution in [0.3, 0.4) is 0 Å². The molecule has 6 nitrogen and oxygen atoms in total. The number of nitrogens with zero attached hydrogens (tertiary/aromatic N) is 1. The quantitative estimate of drug-likeness (QED) is 0.702. The van der Waals surface area contributed by atoms with Crippen LogP contribution in [0.5, 0.6) is 0 Å². The molecule has 110 valence electrons. The van der Waals surface area contributed by atoms with E-state index in [9.17, 15) is 13.2 Å². The number of carbonyl (C=O) groups is 1. The van der Waals surface area contributed by atoms with Crippen molar-refractivity contribution in [3.63, 3.8) is 0 Å². The number of esters is 1. The Labute approximate surface area is 113 Å². The van der Waals surface area contributed by atoms with Gasteiger partial charge in [0.2, 0.25) is 10.0 Å². The van der Waals surface area contributed by atoms with Gasteiger partial charge in [0.1, 0.15) is 0 Å². The normalized spacial score (nSPS) is 27.7. The van der Waals surface area contributed by atoms with Crippen LogP contribution in [0.1, 0.15) is 32.1 Å². The molecule has 2 rings (SSSR count). The van der Waals surface area contributed by atoms with Gasteiger partial charge in [-0.05, 0) is 25.7 Å². The van der Waals surface area contributed by atoms with Crippen molar-refractivity contribution in [2.24, 2.45) is 5.92 Å². The van der Waals surface area contributed by atoms with Gasteiger partial charge in [-0.2, -0.15) is 4.31 Å². The van der Waals surface area contributed by atoms with Gasteiger partial charge in [0.25, 0.3) is 0 Å². The zero-order chi connectivity index (χ0) is 14.0. The third-order valence-corrected chi connectivity index (χ3v) is 6.40. The fraction of sp³-hybridized carbons (Fsp3) is 0.917. The van der Waals surface area contributed by atoms with Crippen molar-refractivity contribution < 1.29 is 23.1 Å². The largest absolute Gasteiger partial charge is 0.469 e. The molecular weight excluding hydrogens is 270 g/mol. The first-order chi connectivity index (χ1) is 9.02. The van der Waals surface area contributed by atoms with Crippen molar-refractivity contribution in [3.8, 4) is 0 Å². The van der Waals surface area contributed by atoms with E-state index in [1.54, 1.807) is 0 Å². The topological polar surface area (TPSA) is 83.9 Å². The third-order valence-electron chi connectivity index (χ3n) is 3.94. The van der Waals surface area contributed by atoms with Crippen molar-refractivity contribution in [3.05, 3.63) is 0 Å². The van der Waals surface area contributed by atoms with Crippen LogP contribution in [0, 0.1) is 5.92 Å². The molecule has 0 aliphatic heterocycles. The van der Waals surface area contributed by atoms with Gasteiger partial charge in [-0.1, -0.05) is 6.42 Å². The number of sulfonamides is 1. The Kier molecular flexibility index (Phi) is 4.47. The Bertz CT molecular complexity index is 431. The third kappa shape index (κ3) is 2.93. The first-order valence-electron chi connectivity index (χ1n) is 6.71. The smallest absolute Gasteiger partial charge is 0.310 e. The summed E-state index contributed by atoms with van der Waals surface area (Å²) in [5, 5.41) is 8.36. The van der Waals surface area contributed by atoms with E-state index in [0.717, 1.165) is 19.3 Å². The Morgan fingerprint density at radius 1 is 1.32 bits per heavy atom.